The molecule has 0 saturated heterocycles. The zero-order chi connectivity index (χ0) is 14.8. The summed E-state index contributed by atoms with van der Waals surface area (Å²) < 4.78 is 0. The van der Waals surface area contributed by atoms with Gasteiger partial charge in [-0.3, -0.25) is 25.2 Å². The lowest BCUT2D eigenvalue weighted by molar-refractivity contribution is -0.138. The normalized spacial score (nSPS) is 11.3. The fourth-order valence-corrected chi connectivity index (χ4v) is 1.42. The van der Waals surface area contributed by atoms with Crippen molar-refractivity contribution in [3.05, 3.63) is 0 Å². The fourth-order valence-electron chi connectivity index (χ4n) is 1.37. The fraction of sp³-hybridized carbons (Fsp3) is 0.636. The van der Waals surface area contributed by atoms with Crippen molar-refractivity contribution in [3.8, 4) is 0 Å². The first-order valence-electron chi connectivity index (χ1n) is 6.02. The van der Waals surface area contributed by atoms with Crippen LogP contribution < -0.4 is 21.9 Å². The minimum atomic E-state index is -0.794. The van der Waals surface area contributed by atoms with Crippen LogP contribution in [0.1, 0.15) is 33.1 Å². The highest BCUT2D eigenvalue weighted by molar-refractivity contribution is 7.80. The van der Waals surface area contributed by atoms with E-state index in [2.05, 4.69) is 28.4 Å². The highest BCUT2D eigenvalue weighted by Crippen LogP contribution is 2.10. The molecule has 0 saturated carbocycles. The largest absolute Gasteiger partial charge is 0.375 e. The lowest BCUT2D eigenvalue weighted by Gasteiger charge is -2.10. The lowest BCUT2D eigenvalue weighted by Crippen LogP contribution is -2.47. The second-order valence-corrected chi connectivity index (χ2v) is 4.61. The molecule has 0 fully saturated rings. The zero-order valence-electron chi connectivity index (χ0n) is 11.1. The average Bonchev–Trinajstić information content (AvgIpc) is 2.33. The molecule has 1 unspecified atom stereocenters. The van der Waals surface area contributed by atoms with Crippen LogP contribution in [-0.2, 0) is 14.4 Å². The van der Waals surface area contributed by atoms with Crippen LogP contribution in [0.25, 0.3) is 0 Å². The van der Waals surface area contributed by atoms with Gasteiger partial charge >= 0.3 is 5.91 Å². The van der Waals surface area contributed by atoms with E-state index in [1.165, 1.54) is 0 Å². The second-order valence-electron chi connectivity index (χ2n) is 4.17. The Hall–Kier alpha value is -1.70. The summed E-state index contributed by atoms with van der Waals surface area (Å²) in [5, 5.41) is 2.56. The Kier molecular flexibility index (Phi) is 8.43. The highest BCUT2D eigenvalue weighted by Gasteiger charge is 2.16. The van der Waals surface area contributed by atoms with Crippen molar-refractivity contribution in [1.29, 1.82) is 0 Å². The first-order valence-corrected chi connectivity index (χ1v) is 6.43. The van der Waals surface area contributed by atoms with Gasteiger partial charge in [0, 0.05) is 19.4 Å². The molecular formula is C11H20N4O3S. The van der Waals surface area contributed by atoms with Gasteiger partial charge in [0.25, 0.3) is 0 Å². The van der Waals surface area contributed by atoms with Crippen molar-refractivity contribution in [2.75, 3.05) is 6.54 Å². The van der Waals surface area contributed by atoms with Gasteiger partial charge in [0.15, 0.2) is 5.11 Å². The lowest BCUT2D eigenvalue weighted by atomic mass is 9.99. The molecule has 0 rings (SSSR count). The number of thiocarbonyl (C=S) groups is 1. The third-order valence-corrected chi connectivity index (χ3v) is 2.43. The van der Waals surface area contributed by atoms with Crippen molar-refractivity contribution in [2.45, 2.75) is 33.1 Å². The Balaban J connectivity index is 3.91. The van der Waals surface area contributed by atoms with Gasteiger partial charge in [-0.15, -0.1) is 0 Å². The highest BCUT2D eigenvalue weighted by atomic mass is 32.1. The van der Waals surface area contributed by atoms with Crippen LogP contribution in [0.15, 0.2) is 0 Å². The molecular weight excluding hydrogens is 268 g/mol. The number of nitrogens with two attached hydrogens (primary N) is 1. The summed E-state index contributed by atoms with van der Waals surface area (Å²) in [6, 6.07) is 0. The van der Waals surface area contributed by atoms with Gasteiger partial charge in [0.1, 0.15) is 0 Å². The number of Topliss-reactive ketones (excluding diaryl/α,β-unsaturated/α-hetero) is 1. The number of hydrazine groups is 1. The summed E-state index contributed by atoms with van der Waals surface area (Å²) in [5.74, 6) is -1.39. The van der Waals surface area contributed by atoms with Crippen LogP contribution >= 0.6 is 12.2 Å². The molecule has 0 aromatic heterocycles. The van der Waals surface area contributed by atoms with E-state index in [9.17, 15) is 14.4 Å². The maximum atomic E-state index is 11.4. The van der Waals surface area contributed by atoms with Crippen LogP contribution in [0.2, 0.25) is 0 Å². The number of ketones is 1. The van der Waals surface area contributed by atoms with E-state index in [0.29, 0.717) is 19.4 Å². The van der Waals surface area contributed by atoms with Gasteiger partial charge in [-0.1, -0.05) is 6.92 Å². The van der Waals surface area contributed by atoms with E-state index < -0.39 is 11.7 Å². The topological polar surface area (TPSA) is 113 Å². The minimum absolute atomic E-state index is 0.0341. The van der Waals surface area contributed by atoms with E-state index >= 15 is 0 Å². The third kappa shape index (κ3) is 8.95. The van der Waals surface area contributed by atoms with Crippen molar-refractivity contribution in [2.24, 2.45) is 11.7 Å². The molecule has 0 aromatic carbocycles. The summed E-state index contributed by atoms with van der Waals surface area (Å²) >= 11 is 4.48. The van der Waals surface area contributed by atoms with Gasteiger partial charge in [-0.2, -0.15) is 0 Å². The van der Waals surface area contributed by atoms with Gasteiger partial charge in [0.05, 0.1) is 0 Å². The van der Waals surface area contributed by atoms with Crippen molar-refractivity contribution in [1.82, 2.24) is 16.2 Å². The molecule has 2 amide bonds. The quantitative estimate of drug-likeness (QED) is 0.282. The summed E-state index contributed by atoms with van der Waals surface area (Å²) in [5.41, 5.74) is 9.37. The Morgan fingerprint density at radius 3 is 2.42 bits per heavy atom. The molecule has 8 heteroatoms. The minimum Gasteiger partial charge on any atom is -0.375 e. The smallest absolute Gasteiger partial charge is 0.305 e. The number of carbonyl (C=O) groups excluding carboxylic acids is 3. The molecule has 0 aliphatic rings. The summed E-state index contributed by atoms with van der Waals surface area (Å²) in [6.07, 6.45) is 0.885. The molecule has 0 aliphatic heterocycles. The van der Waals surface area contributed by atoms with Gasteiger partial charge in [-0.25, -0.2) is 0 Å². The van der Waals surface area contributed by atoms with Gasteiger partial charge in [0.2, 0.25) is 11.7 Å². The Morgan fingerprint density at radius 2 is 1.89 bits per heavy atom. The molecule has 0 radical (unpaired) electrons. The summed E-state index contributed by atoms with van der Waals surface area (Å²) in [6.45, 7) is 4.27. The van der Waals surface area contributed by atoms with Gasteiger partial charge in [-0.05, 0) is 31.5 Å². The second kappa shape index (κ2) is 9.26. The van der Waals surface area contributed by atoms with Crippen molar-refractivity contribution >= 4 is 34.9 Å². The zero-order valence-corrected chi connectivity index (χ0v) is 11.9. The predicted molar refractivity (Wildman–Crippen MR) is 74.8 cm³/mol. The molecule has 0 heterocycles. The van der Waals surface area contributed by atoms with Crippen LogP contribution in [0.5, 0.6) is 0 Å². The third-order valence-electron chi connectivity index (χ3n) is 2.32. The molecule has 0 aliphatic carbocycles. The number of amides is 2. The van der Waals surface area contributed by atoms with E-state index in [1.54, 1.807) is 0 Å². The van der Waals surface area contributed by atoms with E-state index in [4.69, 9.17) is 5.73 Å². The molecule has 5 N–H and O–H groups in total. The molecule has 19 heavy (non-hydrogen) atoms. The van der Waals surface area contributed by atoms with E-state index in [1.807, 2.05) is 13.8 Å². The first-order chi connectivity index (χ1) is 8.86. The Bertz CT molecular complexity index is 360. The first kappa shape index (κ1) is 17.3. The van der Waals surface area contributed by atoms with Gasteiger partial charge < -0.3 is 11.1 Å². The van der Waals surface area contributed by atoms with Crippen LogP contribution in [0.3, 0.4) is 0 Å². The number of carbonyl (C=O) groups is 3. The van der Waals surface area contributed by atoms with Crippen molar-refractivity contribution < 1.29 is 14.4 Å². The summed E-state index contributed by atoms with van der Waals surface area (Å²) in [7, 11) is 0. The number of nitrogens with one attached hydrogen (secondary N) is 3. The van der Waals surface area contributed by atoms with E-state index in [0.717, 1.165) is 0 Å². The molecule has 1 atom stereocenters. The molecule has 108 valence electrons. The maximum absolute atomic E-state index is 11.4. The molecule has 0 bridgehead atoms. The number of hydrogen-bond acceptors (Lipinski definition) is 4. The Morgan fingerprint density at radius 1 is 1.26 bits per heavy atom. The summed E-state index contributed by atoms with van der Waals surface area (Å²) in [4.78, 5) is 34.0. The number of hydrogen-bond donors (Lipinski definition) is 4. The van der Waals surface area contributed by atoms with E-state index in [-0.39, 0.29) is 23.4 Å². The standard InChI is InChI=1S/C11H20N4O3S/c1-3-13-9(17)6-7(2)4-5-8(16)10(18)14-15-11(12)19/h7H,3-6H2,1-2H3,(H,13,17)(H,14,18)(H3,12,15,19). The van der Waals surface area contributed by atoms with Crippen LogP contribution in [-0.4, -0.2) is 29.3 Å². The Labute approximate surface area is 117 Å². The maximum Gasteiger partial charge on any atom is 0.305 e. The molecule has 0 spiro atoms. The molecule has 7 nitrogen and oxygen atoms in total. The predicted octanol–water partition coefficient (Wildman–Crippen LogP) is -0.638. The molecule has 0 aromatic rings. The van der Waals surface area contributed by atoms with Crippen LogP contribution in [0, 0.1) is 5.92 Å². The average molecular weight is 288 g/mol. The monoisotopic (exact) mass is 288 g/mol. The van der Waals surface area contributed by atoms with Crippen LogP contribution in [0.4, 0.5) is 0 Å². The SMILES string of the molecule is CCNC(=O)CC(C)CCC(=O)C(=O)NNC(N)=S. The van der Waals surface area contributed by atoms with Crippen molar-refractivity contribution in [3.63, 3.8) is 0 Å². The number of rotatable bonds is 7.